The molecule has 0 atom stereocenters. The Bertz CT molecular complexity index is 530. The van der Waals surface area contributed by atoms with Crippen LogP contribution in [0.4, 0.5) is 5.69 Å². The lowest BCUT2D eigenvalue weighted by Crippen LogP contribution is -2.17. The number of hydrogen-bond acceptors (Lipinski definition) is 4. The zero-order valence-electron chi connectivity index (χ0n) is 11.1. The predicted molar refractivity (Wildman–Crippen MR) is 74.4 cm³/mol. The molecule has 1 rings (SSSR count). The van der Waals surface area contributed by atoms with E-state index in [-0.39, 0.29) is 12.4 Å². The predicted octanol–water partition coefficient (Wildman–Crippen LogP) is 2.38. The molecule has 19 heavy (non-hydrogen) atoms. The van der Waals surface area contributed by atoms with E-state index in [1.165, 1.54) is 0 Å². The van der Waals surface area contributed by atoms with Crippen LogP contribution in [0.5, 0.6) is 5.75 Å². The van der Waals surface area contributed by atoms with Gasteiger partial charge in [0, 0.05) is 5.69 Å². The Hall–Kier alpha value is -1.74. The molecule has 0 saturated carbocycles. The first-order valence-corrected chi connectivity index (χ1v) is 7.68. The fourth-order valence-electron chi connectivity index (χ4n) is 1.36. The van der Waals surface area contributed by atoms with Crippen molar-refractivity contribution in [2.45, 2.75) is 20.3 Å². The molecule has 0 aromatic heterocycles. The van der Waals surface area contributed by atoms with Crippen molar-refractivity contribution >= 4 is 15.7 Å². The summed E-state index contributed by atoms with van der Waals surface area (Å²) in [4.78, 5) is 0. The molecule has 0 heterocycles. The molecule has 0 aliphatic carbocycles. The third-order valence-corrected chi connectivity index (χ3v) is 3.71. The van der Waals surface area contributed by atoms with Crippen LogP contribution in [0.25, 0.3) is 0 Å². The SMILES string of the molecule is CC(C)CCS(=O)(=O)Nc1ccc(OCC#N)cc1. The fraction of sp³-hybridized carbons (Fsp3) is 0.462. The second-order valence-electron chi connectivity index (χ2n) is 4.57. The molecule has 1 aromatic rings. The van der Waals surface area contributed by atoms with E-state index in [9.17, 15) is 8.42 Å². The van der Waals surface area contributed by atoms with Crippen LogP contribution in [0.15, 0.2) is 24.3 Å². The second kappa shape index (κ2) is 7.00. The Balaban J connectivity index is 2.60. The van der Waals surface area contributed by atoms with E-state index < -0.39 is 10.0 Å². The highest BCUT2D eigenvalue weighted by atomic mass is 32.2. The zero-order chi connectivity index (χ0) is 14.3. The van der Waals surface area contributed by atoms with Gasteiger partial charge in [0.25, 0.3) is 0 Å². The molecule has 104 valence electrons. The van der Waals surface area contributed by atoms with Crippen molar-refractivity contribution in [3.05, 3.63) is 24.3 Å². The molecular formula is C13H18N2O3S. The quantitative estimate of drug-likeness (QED) is 0.832. The summed E-state index contributed by atoms with van der Waals surface area (Å²) >= 11 is 0. The highest BCUT2D eigenvalue weighted by Gasteiger charge is 2.11. The molecule has 0 aliphatic rings. The summed E-state index contributed by atoms with van der Waals surface area (Å²) in [5, 5.41) is 8.37. The van der Waals surface area contributed by atoms with E-state index in [2.05, 4.69) is 4.72 Å². The van der Waals surface area contributed by atoms with Crippen LogP contribution in [0.2, 0.25) is 0 Å². The van der Waals surface area contributed by atoms with Gasteiger partial charge in [0.05, 0.1) is 5.75 Å². The smallest absolute Gasteiger partial charge is 0.232 e. The van der Waals surface area contributed by atoms with Crippen molar-refractivity contribution in [1.29, 1.82) is 5.26 Å². The lowest BCUT2D eigenvalue weighted by atomic mass is 10.2. The minimum absolute atomic E-state index is 0.0283. The lowest BCUT2D eigenvalue weighted by Gasteiger charge is -2.10. The van der Waals surface area contributed by atoms with Gasteiger partial charge in [-0.1, -0.05) is 13.8 Å². The summed E-state index contributed by atoms with van der Waals surface area (Å²) < 4.78 is 31.1. The van der Waals surface area contributed by atoms with E-state index in [4.69, 9.17) is 10.00 Å². The normalized spacial score (nSPS) is 11.1. The molecule has 6 heteroatoms. The Kier molecular flexibility index (Phi) is 5.64. The monoisotopic (exact) mass is 282 g/mol. The average Bonchev–Trinajstić information content (AvgIpc) is 2.35. The van der Waals surface area contributed by atoms with Gasteiger partial charge >= 0.3 is 0 Å². The van der Waals surface area contributed by atoms with E-state index in [0.717, 1.165) is 0 Å². The van der Waals surface area contributed by atoms with Crippen LogP contribution in [-0.2, 0) is 10.0 Å². The molecule has 0 aliphatic heterocycles. The largest absolute Gasteiger partial charge is 0.479 e. The van der Waals surface area contributed by atoms with Gasteiger partial charge < -0.3 is 4.74 Å². The van der Waals surface area contributed by atoms with Crippen LogP contribution >= 0.6 is 0 Å². The number of hydrogen-bond donors (Lipinski definition) is 1. The lowest BCUT2D eigenvalue weighted by molar-refractivity contribution is 0.368. The van der Waals surface area contributed by atoms with E-state index in [0.29, 0.717) is 23.8 Å². The standard InChI is InChI=1S/C13H18N2O3S/c1-11(2)7-10-19(16,17)15-12-3-5-13(6-4-12)18-9-8-14/h3-6,11,15H,7,9-10H2,1-2H3. The van der Waals surface area contributed by atoms with Gasteiger partial charge in [0.15, 0.2) is 6.61 Å². The van der Waals surface area contributed by atoms with Crippen molar-refractivity contribution in [2.24, 2.45) is 5.92 Å². The van der Waals surface area contributed by atoms with Crippen LogP contribution in [-0.4, -0.2) is 20.8 Å². The molecular weight excluding hydrogens is 264 g/mol. The summed E-state index contributed by atoms with van der Waals surface area (Å²) in [5.41, 5.74) is 0.494. The maximum atomic E-state index is 11.8. The molecule has 5 nitrogen and oxygen atoms in total. The maximum Gasteiger partial charge on any atom is 0.232 e. The van der Waals surface area contributed by atoms with Crippen molar-refractivity contribution in [1.82, 2.24) is 0 Å². The van der Waals surface area contributed by atoms with E-state index in [1.807, 2.05) is 19.9 Å². The van der Waals surface area contributed by atoms with Gasteiger partial charge in [-0.3, -0.25) is 4.72 Å². The third kappa shape index (κ3) is 6.11. The van der Waals surface area contributed by atoms with Crippen LogP contribution < -0.4 is 9.46 Å². The molecule has 0 amide bonds. The van der Waals surface area contributed by atoms with Crippen LogP contribution in [0, 0.1) is 17.2 Å². The highest BCUT2D eigenvalue weighted by molar-refractivity contribution is 7.92. The number of benzene rings is 1. The summed E-state index contributed by atoms with van der Waals surface area (Å²) in [6, 6.07) is 8.33. The van der Waals surface area contributed by atoms with Crippen LogP contribution in [0.3, 0.4) is 0 Å². The summed E-state index contributed by atoms with van der Waals surface area (Å²) in [7, 11) is -3.30. The molecule has 1 aromatic carbocycles. The number of ether oxygens (including phenoxy) is 1. The Morgan fingerprint density at radius 1 is 1.32 bits per heavy atom. The number of rotatable bonds is 7. The van der Waals surface area contributed by atoms with Gasteiger partial charge in [0.1, 0.15) is 11.8 Å². The second-order valence-corrected chi connectivity index (χ2v) is 6.42. The van der Waals surface area contributed by atoms with Crippen molar-refractivity contribution in [3.63, 3.8) is 0 Å². The van der Waals surface area contributed by atoms with Gasteiger partial charge in [-0.15, -0.1) is 0 Å². The number of sulfonamides is 1. The van der Waals surface area contributed by atoms with Crippen molar-refractivity contribution < 1.29 is 13.2 Å². The molecule has 0 radical (unpaired) electrons. The molecule has 1 N–H and O–H groups in total. The molecule has 0 spiro atoms. The van der Waals surface area contributed by atoms with E-state index in [1.54, 1.807) is 24.3 Å². The molecule has 0 saturated heterocycles. The topological polar surface area (TPSA) is 79.2 Å². The Morgan fingerprint density at radius 3 is 2.47 bits per heavy atom. The Labute approximate surface area is 114 Å². The maximum absolute atomic E-state index is 11.8. The van der Waals surface area contributed by atoms with Gasteiger partial charge in [0.2, 0.25) is 10.0 Å². The first-order valence-electron chi connectivity index (χ1n) is 6.03. The average molecular weight is 282 g/mol. The first kappa shape index (κ1) is 15.3. The first-order chi connectivity index (χ1) is 8.93. The van der Waals surface area contributed by atoms with E-state index >= 15 is 0 Å². The summed E-state index contributed by atoms with van der Waals surface area (Å²) in [6.07, 6.45) is 0.624. The molecule has 0 bridgehead atoms. The number of anilines is 1. The summed E-state index contributed by atoms with van der Waals surface area (Å²) in [6.45, 7) is 3.94. The third-order valence-electron chi connectivity index (χ3n) is 2.39. The van der Waals surface area contributed by atoms with Crippen molar-refractivity contribution in [2.75, 3.05) is 17.1 Å². The van der Waals surface area contributed by atoms with Gasteiger partial charge in [-0.25, -0.2) is 8.42 Å². The summed E-state index contributed by atoms with van der Waals surface area (Å²) in [5.74, 6) is 0.988. The molecule has 0 fully saturated rings. The number of nitriles is 1. The van der Waals surface area contributed by atoms with Crippen LogP contribution in [0.1, 0.15) is 20.3 Å². The molecule has 0 unspecified atom stereocenters. The minimum Gasteiger partial charge on any atom is -0.479 e. The highest BCUT2D eigenvalue weighted by Crippen LogP contribution is 2.17. The number of nitrogens with one attached hydrogen (secondary N) is 1. The van der Waals surface area contributed by atoms with Gasteiger partial charge in [-0.05, 0) is 36.6 Å². The fourth-order valence-corrected chi connectivity index (χ4v) is 2.74. The number of nitrogens with zero attached hydrogens (tertiary/aromatic N) is 1. The zero-order valence-corrected chi connectivity index (χ0v) is 11.9. The van der Waals surface area contributed by atoms with Gasteiger partial charge in [-0.2, -0.15) is 5.26 Å². The minimum atomic E-state index is -3.30. The Morgan fingerprint density at radius 2 is 1.95 bits per heavy atom. The van der Waals surface area contributed by atoms with Crippen molar-refractivity contribution in [3.8, 4) is 11.8 Å².